The van der Waals surface area contributed by atoms with E-state index < -0.39 is 34.6 Å². The zero-order chi connectivity index (χ0) is 13.7. The summed E-state index contributed by atoms with van der Waals surface area (Å²) in [7, 11) is 0. The van der Waals surface area contributed by atoms with Gasteiger partial charge in [0.25, 0.3) is 0 Å². The molecule has 1 aromatic carbocycles. The first-order valence-corrected chi connectivity index (χ1v) is 5.42. The number of carbonyl (C=O) groups excluding carboxylic acids is 2. The number of esters is 2. The molecule has 0 aromatic heterocycles. The molecular weight excluding hydrogens is 240 g/mol. The molecule has 1 rings (SSSR count). The van der Waals surface area contributed by atoms with E-state index in [9.17, 15) is 19.8 Å². The second kappa shape index (κ2) is 5.90. The van der Waals surface area contributed by atoms with E-state index in [1.165, 1.54) is 0 Å². The Morgan fingerprint density at radius 3 is 1.56 bits per heavy atom. The van der Waals surface area contributed by atoms with Crippen molar-refractivity contribution in [2.45, 2.75) is 13.8 Å². The first kappa shape index (κ1) is 13.8. The van der Waals surface area contributed by atoms with Crippen LogP contribution in [0.3, 0.4) is 0 Å². The molecule has 0 unspecified atom stereocenters. The highest BCUT2D eigenvalue weighted by Gasteiger charge is 2.26. The molecule has 6 heteroatoms. The molecule has 0 aliphatic heterocycles. The smallest absolute Gasteiger partial charge is 0.342 e. The molecule has 0 saturated heterocycles. The number of carbonyl (C=O) groups is 2. The van der Waals surface area contributed by atoms with Crippen LogP contribution < -0.4 is 0 Å². The maximum atomic E-state index is 11.6. The summed E-state index contributed by atoms with van der Waals surface area (Å²) >= 11 is 0. The molecule has 0 radical (unpaired) electrons. The number of aromatic hydroxyl groups is 2. The minimum Gasteiger partial charge on any atom is -0.507 e. The molecule has 6 nitrogen and oxygen atoms in total. The Morgan fingerprint density at radius 2 is 1.28 bits per heavy atom. The number of rotatable bonds is 4. The standard InChI is InChI=1S/C12H14O6/c1-3-17-11(15)9-7(13)5-6-8(14)10(9)12(16)18-4-2/h5-6,13-14H,3-4H2,1-2H3. The quantitative estimate of drug-likeness (QED) is 0.624. The van der Waals surface area contributed by atoms with E-state index in [1.54, 1.807) is 13.8 Å². The van der Waals surface area contributed by atoms with Crippen molar-refractivity contribution >= 4 is 11.9 Å². The normalized spacial score (nSPS) is 9.89. The predicted octanol–water partition coefficient (Wildman–Crippen LogP) is 1.45. The number of phenols is 2. The van der Waals surface area contributed by atoms with Gasteiger partial charge in [-0.25, -0.2) is 9.59 Å². The largest absolute Gasteiger partial charge is 0.507 e. The molecule has 0 aliphatic rings. The fourth-order valence-electron chi connectivity index (χ4n) is 1.40. The highest BCUT2D eigenvalue weighted by molar-refractivity contribution is 6.06. The van der Waals surface area contributed by atoms with Crippen LogP contribution in [0.15, 0.2) is 12.1 Å². The molecule has 0 heterocycles. The van der Waals surface area contributed by atoms with Crippen molar-refractivity contribution in [1.82, 2.24) is 0 Å². The van der Waals surface area contributed by atoms with E-state index in [0.29, 0.717) is 0 Å². The Balaban J connectivity index is 3.33. The average molecular weight is 254 g/mol. The SMILES string of the molecule is CCOC(=O)c1c(O)ccc(O)c1C(=O)OCC. The molecule has 1 aromatic rings. The van der Waals surface area contributed by atoms with E-state index in [-0.39, 0.29) is 13.2 Å². The number of hydrogen-bond donors (Lipinski definition) is 2. The molecule has 0 spiro atoms. The lowest BCUT2D eigenvalue weighted by Crippen LogP contribution is -2.14. The van der Waals surface area contributed by atoms with Gasteiger partial charge in [-0.3, -0.25) is 0 Å². The van der Waals surface area contributed by atoms with Crippen LogP contribution in [-0.2, 0) is 9.47 Å². The van der Waals surface area contributed by atoms with Crippen molar-refractivity contribution in [3.8, 4) is 11.5 Å². The third-order valence-electron chi connectivity index (χ3n) is 2.12. The minimum absolute atomic E-state index is 0.0796. The third kappa shape index (κ3) is 2.71. The third-order valence-corrected chi connectivity index (χ3v) is 2.12. The van der Waals surface area contributed by atoms with Gasteiger partial charge in [0, 0.05) is 0 Å². The summed E-state index contributed by atoms with van der Waals surface area (Å²) in [5, 5.41) is 19.2. The van der Waals surface area contributed by atoms with Gasteiger partial charge in [-0.15, -0.1) is 0 Å². The number of hydrogen-bond acceptors (Lipinski definition) is 6. The van der Waals surface area contributed by atoms with Crippen LogP contribution >= 0.6 is 0 Å². The van der Waals surface area contributed by atoms with Gasteiger partial charge in [-0.2, -0.15) is 0 Å². The lowest BCUT2D eigenvalue weighted by atomic mass is 10.1. The average Bonchev–Trinajstić information content (AvgIpc) is 2.32. The van der Waals surface area contributed by atoms with Gasteiger partial charge in [0.15, 0.2) is 0 Å². The summed E-state index contributed by atoms with van der Waals surface area (Å²) in [6.45, 7) is 3.33. The number of benzene rings is 1. The molecule has 0 saturated carbocycles. The van der Waals surface area contributed by atoms with Crippen molar-refractivity contribution in [1.29, 1.82) is 0 Å². The summed E-state index contributed by atoms with van der Waals surface area (Å²) in [4.78, 5) is 23.3. The van der Waals surface area contributed by atoms with E-state index in [1.807, 2.05) is 0 Å². The van der Waals surface area contributed by atoms with Gasteiger partial charge >= 0.3 is 11.9 Å². The molecule has 0 atom stereocenters. The Kier molecular flexibility index (Phi) is 4.53. The first-order valence-electron chi connectivity index (χ1n) is 5.42. The van der Waals surface area contributed by atoms with Gasteiger partial charge in [-0.1, -0.05) is 0 Å². The summed E-state index contributed by atoms with van der Waals surface area (Å²) < 4.78 is 9.43. The van der Waals surface area contributed by atoms with Crippen molar-refractivity contribution in [3.63, 3.8) is 0 Å². The monoisotopic (exact) mass is 254 g/mol. The summed E-state index contributed by atoms with van der Waals surface area (Å²) in [5.41, 5.74) is -0.786. The summed E-state index contributed by atoms with van der Waals surface area (Å²) in [6.07, 6.45) is 0. The van der Waals surface area contributed by atoms with Gasteiger partial charge < -0.3 is 19.7 Å². The highest BCUT2D eigenvalue weighted by Crippen LogP contribution is 2.30. The van der Waals surface area contributed by atoms with Crippen molar-refractivity contribution < 1.29 is 29.3 Å². The van der Waals surface area contributed by atoms with Crippen molar-refractivity contribution in [3.05, 3.63) is 23.3 Å². The van der Waals surface area contributed by atoms with E-state index in [2.05, 4.69) is 0 Å². The molecule has 0 bridgehead atoms. The molecule has 2 N–H and O–H groups in total. The minimum atomic E-state index is -0.894. The zero-order valence-corrected chi connectivity index (χ0v) is 10.1. The van der Waals surface area contributed by atoms with Crippen LogP contribution in [0.1, 0.15) is 34.6 Å². The van der Waals surface area contributed by atoms with Crippen LogP contribution in [0.2, 0.25) is 0 Å². The number of phenolic OH excluding ortho intramolecular Hbond substituents is 2. The maximum absolute atomic E-state index is 11.6. The second-order valence-electron chi connectivity index (χ2n) is 3.29. The van der Waals surface area contributed by atoms with Crippen LogP contribution in [0.5, 0.6) is 11.5 Å². The second-order valence-corrected chi connectivity index (χ2v) is 3.29. The van der Waals surface area contributed by atoms with E-state index in [4.69, 9.17) is 9.47 Å². The zero-order valence-electron chi connectivity index (χ0n) is 10.1. The van der Waals surface area contributed by atoms with Crippen molar-refractivity contribution in [2.75, 3.05) is 13.2 Å². The Labute approximate surface area is 104 Å². The van der Waals surface area contributed by atoms with Gasteiger partial charge in [0.1, 0.15) is 22.6 Å². The van der Waals surface area contributed by atoms with Crippen molar-refractivity contribution in [2.24, 2.45) is 0 Å². The van der Waals surface area contributed by atoms with E-state index in [0.717, 1.165) is 12.1 Å². The maximum Gasteiger partial charge on any atom is 0.342 e. The fourth-order valence-corrected chi connectivity index (χ4v) is 1.40. The van der Waals surface area contributed by atoms with Crippen LogP contribution in [0.4, 0.5) is 0 Å². The molecule has 0 aliphatic carbocycles. The first-order chi connectivity index (χ1) is 8.52. The van der Waals surface area contributed by atoms with E-state index >= 15 is 0 Å². The Bertz CT molecular complexity index is 423. The molecule has 98 valence electrons. The molecule has 18 heavy (non-hydrogen) atoms. The lowest BCUT2D eigenvalue weighted by molar-refractivity contribution is 0.0472. The van der Waals surface area contributed by atoms with Crippen LogP contribution in [0.25, 0.3) is 0 Å². The number of ether oxygens (including phenoxy) is 2. The highest BCUT2D eigenvalue weighted by atomic mass is 16.5. The van der Waals surface area contributed by atoms with Gasteiger partial charge in [-0.05, 0) is 26.0 Å². The van der Waals surface area contributed by atoms with Gasteiger partial charge in [0.05, 0.1) is 13.2 Å². The van der Waals surface area contributed by atoms with Crippen LogP contribution in [-0.4, -0.2) is 35.4 Å². The predicted molar refractivity (Wildman–Crippen MR) is 61.7 cm³/mol. The lowest BCUT2D eigenvalue weighted by Gasteiger charge is -2.11. The Morgan fingerprint density at radius 1 is 0.944 bits per heavy atom. The fraction of sp³-hybridized carbons (Fsp3) is 0.333. The molecular formula is C12H14O6. The topological polar surface area (TPSA) is 93.1 Å². The summed E-state index contributed by atoms with van der Waals surface area (Å²) in [6, 6.07) is 2.20. The van der Waals surface area contributed by atoms with Gasteiger partial charge in [0.2, 0.25) is 0 Å². The molecule has 0 amide bonds. The summed E-state index contributed by atoms with van der Waals surface area (Å²) in [5.74, 6) is -2.69. The molecule has 0 fully saturated rings. The van der Waals surface area contributed by atoms with Crippen LogP contribution in [0, 0.1) is 0 Å². The Hall–Kier alpha value is -2.24.